The number of nitrogens with zero attached hydrogens (tertiary/aromatic N) is 2. The molecule has 0 amide bonds. The highest BCUT2D eigenvalue weighted by molar-refractivity contribution is 14.0. The van der Waals surface area contributed by atoms with Crippen LogP contribution in [0.1, 0.15) is 16.7 Å². The topological polar surface area (TPSA) is 72.1 Å². The van der Waals surface area contributed by atoms with E-state index in [0.29, 0.717) is 42.7 Å². The number of halogens is 2. The summed E-state index contributed by atoms with van der Waals surface area (Å²) in [5.41, 5.74) is 8.62. The molecule has 0 aliphatic heterocycles. The van der Waals surface area contributed by atoms with Crippen molar-refractivity contribution in [3.05, 3.63) is 58.9 Å². The zero-order chi connectivity index (χ0) is 20.5. The van der Waals surface area contributed by atoms with Crippen LogP contribution in [0.3, 0.4) is 0 Å². The Bertz CT molecular complexity index is 815. The van der Waals surface area contributed by atoms with Crippen LogP contribution in [0.5, 0.6) is 11.5 Å². The highest BCUT2D eigenvalue weighted by atomic mass is 127. The van der Waals surface area contributed by atoms with Gasteiger partial charge >= 0.3 is 0 Å². The predicted molar refractivity (Wildman–Crippen MR) is 126 cm³/mol. The average Bonchev–Trinajstić information content (AvgIpc) is 2.68. The largest absolute Gasteiger partial charge is 0.493 e. The van der Waals surface area contributed by atoms with Crippen molar-refractivity contribution < 1.29 is 13.9 Å². The zero-order valence-electron chi connectivity index (χ0n) is 17.4. The van der Waals surface area contributed by atoms with E-state index in [2.05, 4.69) is 10.3 Å². The van der Waals surface area contributed by atoms with Crippen LogP contribution in [0.4, 0.5) is 4.39 Å². The summed E-state index contributed by atoms with van der Waals surface area (Å²) in [5, 5.41) is 3.10. The number of nitrogens with two attached hydrogens (primary N) is 1. The van der Waals surface area contributed by atoms with E-state index >= 15 is 0 Å². The first-order valence-electron chi connectivity index (χ1n) is 9.09. The molecule has 0 fully saturated rings. The Hall–Kier alpha value is -2.07. The highest BCUT2D eigenvalue weighted by Crippen LogP contribution is 2.27. The molecule has 0 bridgehead atoms. The Morgan fingerprint density at radius 1 is 1.07 bits per heavy atom. The molecule has 0 saturated heterocycles. The van der Waals surface area contributed by atoms with Gasteiger partial charge in [-0.05, 0) is 55.9 Å². The van der Waals surface area contributed by atoms with Crippen LogP contribution < -0.4 is 20.5 Å². The van der Waals surface area contributed by atoms with E-state index in [-0.39, 0.29) is 29.8 Å². The summed E-state index contributed by atoms with van der Waals surface area (Å²) in [7, 11) is 7.04. The quantitative estimate of drug-likeness (QED) is 0.305. The smallest absolute Gasteiger partial charge is 0.188 e. The van der Waals surface area contributed by atoms with Gasteiger partial charge in [0.2, 0.25) is 0 Å². The molecule has 6 nitrogen and oxygen atoms in total. The number of aliphatic imine (C=N–C) groups is 1. The van der Waals surface area contributed by atoms with Crippen LogP contribution in [0.25, 0.3) is 0 Å². The van der Waals surface area contributed by atoms with E-state index in [1.54, 1.807) is 20.3 Å². The maximum absolute atomic E-state index is 13.8. The first-order valence-corrected chi connectivity index (χ1v) is 9.09. The number of rotatable bonds is 9. The lowest BCUT2D eigenvalue weighted by Gasteiger charge is -2.12. The maximum atomic E-state index is 13.8. The van der Waals surface area contributed by atoms with Gasteiger partial charge in [0, 0.05) is 18.7 Å². The highest BCUT2D eigenvalue weighted by Gasteiger charge is 2.06. The second-order valence-corrected chi connectivity index (χ2v) is 6.73. The van der Waals surface area contributed by atoms with Crippen molar-refractivity contribution in [1.82, 2.24) is 10.2 Å². The van der Waals surface area contributed by atoms with Crippen molar-refractivity contribution in [2.75, 3.05) is 34.9 Å². The van der Waals surface area contributed by atoms with Crippen LogP contribution in [-0.2, 0) is 19.5 Å². The van der Waals surface area contributed by atoms with E-state index in [1.807, 2.05) is 43.3 Å². The van der Waals surface area contributed by atoms with Gasteiger partial charge in [0.05, 0.1) is 20.8 Å². The molecule has 0 spiro atoms. The second kappa shape index (κ2) is 12.5. The zero-order valence-corrected chi connectivity index (χ0v) is 19.7. The Kier molecular flexibility index (Phi) is 10.7. The molecule has 29 heavy (non-hydrogen) atoms. The summed E-state index contributed by atoms with van der Waals surface area (Å²) >= 11 is 0. The third kappa shape index (κ3) is 8.06. The van der Waals surface area contributed by atoms with Crippen molar-refractivity contribution in [2.24, 2.45) is 10.7 Å². The predicted octanol–water partition coefficient (Wildman–Crippen LogP) is 3.17. The molecule has 2 aromatic carbocycles. The van der Waals surface area contributed by atoms with Gasteiger partial charge < -0.3 is 25.4 Å². The Balaban J connectivity index is 0.00000420. The standard InChI is InChI=1S/C21H29FN4O2.HI/c1-26(2)14-17-11-16(5-7-18(17)22)13-25-21(23)24-10-9-15-6-8-19(27-3)20(12-15)28-4;/h5-8,11-12H,9-10,13-14H2,1-4H3,(H3,23,24,25);1H. The molecule has 160 valence electrons. The minimum absolute atomic E-state index is 0. The molecule has 3 N–H and O–H groups in total. The van der Waals surface area contributed by atoms with Gasteiger partial charge in [-0.25, -0.2) is 9.38 Å². The van der Waals surface area contributed by atoms with Crippen molar-refractivity contribution in [3.8, 4) is 11.5 Å². The van der Waals surface area contributed by atoms with E-state index in [0.717, 1.165) is 17.5 Å². The lowest BCUT2D eigenvalue weighted by Crippen LogP contribution is -2.33. The normalized spacial score (nSPS) is 11.2. The lowest BCUT2D eigenvalue weighted by molar-refractivity contribution is 0.354. The van der Waals surface area contributed by atoms with Crippen molar-refractivity contribution >= 4 is 29.9 Å². The number of hydrogen-bond donors (Lipinski definition) is 2. The van der Waals surface area contributed by atoms with Gasteiger partial charge in [-0.1, -0.05) is 12.1 Å². The first-order chi connectivity index (χ1) is 13.4. The van der Waals surface area contributed by atoms with E-state index in [1.165, 1.54) is 6.07 Å². The number of nitrogens with one attached hydrogen (secondary N) is 1. The van der Waals surface area contributed by atoms with Gasteiger partial charge in [0.15, 0.2) is 17.5 Å². The van der Waals surface area contributed by atoms with Gasteiger partial charge in [-0.2, -0.15) is 0 Å². The number of ether oxygens (including phenoxy) is 2. The Labute approximate surface area is 189 Å². The SMILES string of the molecule is COc1ccc(CCNC(N)=NCc2ccc(F)c(CN(C)C)c2)cc1OC.I. The fourth-order valence-corrected chi connectivity index (χ4v) is 2.79. The van der Waals surface area contributed by atoms with Gasteiger partial charge in [-0.15, -0.1) is 24.0 Å². The Morgan fingerprint density at radius 3 is 2.41 bits per heavy atom. The molecule has 0 unspecified atom stereocenters. The first kappa shape index (κ1) is 25.0. The summed E-state index contributed by atoms with van der Waals surface area (Å²) in [6, 6.07) is 10.8. The molecular formula is C21H30FIN4O2. The molecule has 2 aromatic rings. The maximum Gasteiger partial charge on any atom is 0.188 e. The van der Waals surface area contributed by atoms with Crippen LogP contribution in [-0.4, -0.2) is 45.7 Å². The van der Waals surface area contributed by atoms with E-state index in [4.69, 9.17) is 15.2 Å². The Morgan fingerprint density at radius 2 is 1.76 bits per heavy atom. The summed E-state index contributed by atoms with van der Waals surface area (Å²) in [4.78, 5) is 6.27. The minimum Gasteiger partial charge on any atom is -0.493 e. The average molecular weight is 516 g/mol. The van der Waals surface area contributed by atoms with Crippen LogP contribution >= 0.6 is 24.0 Å². The molecule has 8 heteroatoms. The third-order valence-corrected chi connectivity index (χ3v) is 4.20. The van der Waals surface area contributed by atoms with E-state index < -0.39 is 0 Å². The number of hydrogen-bond acceptors (Lipinski definition) is 4. The number of methoxy groups -OCH3 is 2. The summed E-state index contributed by atoms with van der Waals surface area (Å²) in [5.74, 6) is 1.56. The van der Waals surface area contributed by atoms with Crippen molar-refractivity contribution in [3.63, 3.8) is 0 Å². The molecule has 0 radical (unpaired) electrons. The number of guanidine groups is 1. The number of benzene rings is 2. The fourth-order valence-electron chi connectivity index (χ4n) is 2.79. The molecule has 0 aliphatic carbocycles. The van der Waals surface area contributed by atoms with Gasteiger partial charge in [0.25, 0.3) is 0 Å². The molecular weight excluding hydrogens is 486 g/mol. The molecule has 0 atom stereocenters. The van der Waals surface area contributed by atoms with Gasteiger partial charge in [0.1, 0.15) is 5.82 Å². The monoisotopic (exact) mass is 516 g/mol. The lowest BCUT2D eigenvalue weighted by atomic mass is 10.1. The van der Waals surface area contributed by atoms with Crippen LogP contribution in [0.2, 0.25) is 0 Å². The van der Waals surface area contributed by atoms with Crippen molar-refractivity contribution in [2.45, 2.75) is 19.5 Å². The van der Waals surface area contributed by atoms with Crippen LogP contribution in [0.15, 0.2) is 41.4 Å². The molecule has 0 aliphatic rings. The van der Waals surface area contributed by atoms with Crippen LogP contribution in [0, 0.1) is 5.82 Å². The summed E-state index contributed by atoms with van der Waals surface area (Å²) in [6.07, 6.45) is 0.764. The minimum atomic E-state index is -0.206. The third-order valence-electron chi connectivity index (χ3n) is 4.20. The van der Waals surface area contributed by atoms with Gasteiger partial charge in [-0.3, -0.25) is 0 Å². The molecule has 0 saturated carbocycles. The molecule has 0 heterocycles. The second-order valence-electron chi connectivity index (χ2n) is 6.73. The molecule has 2 rings (SSSR count). The van der Waals surface area contributed by atoms with Crippen molar-refractivity contribution in [1.29, 1.82) is 0 Å². The van der Waals surface area contributed by atoms with E-state index in [9.17, 15) is 4.39 Å². The summed E-state index contributed by atoms with van der Waals surface area (Å²) < 4.78 is 24.4. The summed E-state index contributed by atoms with van der Waals surface area (Å²) in [6.45, 7) is 1.58. The fraction of sp³-hybridized carbons (Fsp3) is 0.381. The molecule has 0 aromatic heterocycles.